The van der Waals surface area contributed by atoms with Gasteiger partial charge in [-0.2, -0.15) is 0 Å². The fraction of sp³-hybridized carbons (Fsp3) is 0.500. The van der Waals surface area contributed by atoms with Gasteiger partial charge in [-0.15, -0.1) is 12.4 Å². The summed E-state index contributed by atoms with van der Waals surface area (Å²) in [6.45, 7) is 2.68. The summed E-state index contributed by atoms with van der Waals surface area (Å²) in [5.74, 6) is -0.118. The predicted octanol–water partition coefficient (Wildman–Crippen LogP) is 1.53. The maximum atomic E-state index is 11.9. The van der Waals surface area contributed by atoms with Crippen LogP contribution in [0.5, 0.6) is 0 Å². The summed E-state index contributed by atoms with van der Waals surface area (Å²) in [4.78, 5) is 11.9. The third-order valence-electron chi connectivity index (χ3n) is 3.66. The van der Waals surface area contributed by atoms with E-state index >= 15 is 0 Å². The molecule has 1 unspecified atom stereocenters. The average molecular weight is 348 g/mol. The zero-order chi connectivity index (χ0) is 15.5. The van der Waals surface area contributed by atoms with Crippen LogP contribution in [0.4, 0.5) is 5.69 Å². The smallest absolute Gasteiger partial charge is 0.238 e. The van der Waals surface area contributed by atoms with Crippen molar-refractivity contribution in [3.63, 3.8) is 0 Å². The molecule has 1 saturated heterocycles. The number of primary sulfonamides is 1. The molecular formula is C14H22ClN3O3S. The van der Waals surface area contributed by atoms with E-state index in [-0.39, 0.29) is 23.2 Å². The van der Waals surface area contributed by atoms with Crippen molar-refractivity contribution in [2.24, 2.45) is 5.14 Å². The Hall–Kier alpha value is -1.15. The molecule has 1 aromatic rings. The Morgan fingerprint density at radius 1 is 1.45 bits per heavy atom. The Morgan fingerprint density at radius 3 is 2.77 bits per heavy atom. The monoisotopic (exact) mass is 347 g/mol. The molecule has 0 aromatic heterocycles. The van der Waals surface area contributed by atoms with Gasteiger partial charge in [0.05, 0.1) is 4.90 Å². The Morgan fingerprint density at radius 2 is 2.18 bits per heavy atom. The zero-order valence-corrected chi connectivity index (χ0v) is 14.1. The van der Waals surface area contributed by atoms with Crippen LogP contribution >= 0.6 is 12.4 Å². The van der Waals surface area contributed by atoms with E-state index in [0.717, 1.165) is 25.8 Å². The standard InChI is InChI=1S/C14H21N3O3S.ClH/c1-10-4-5-12(9-13(10)21(15,19)20)17-14(18)7-6-11-3-2-8-16-11;/h4-5,9,11,16H,2-3,6-8H2,1H3,(H,17,18)(H2,15,19,20);1H. The molecule has 124 valence electrons. The van der Waals surface area contributed by atoms with Gasteiger partial charge < -0.3 is 10.6 Å². The Kier molecular flexibility index (Phi) is 6.80. The number of sulfonamides is 1. The lowest BCUT2D eigenvalue weighted by molar-refractivity contribution is -0.116. The van der Waals surface area contributed by atoms with Crippen LogP contribution in [-0.2, 0) is 14.8 Å². The number of benzene rings is 1. The van der Waals surface area contributed by atoms with Crippen LogP contribution in [0.15, 0.2) is 23.1 Å². The number of anilines is 1. The summed E-state index contributed by atoms with van der Waals surface area (Å²) in [5.41, 5.74) is 1.01. The van der Waals surface area contributed by atoms with Crippen molar-refractivity contribution in [3.05, 3.63) is 23.8 Å². The van der Waals surface area contributed by atoms with E-state index in [2.05, 4.69) is 10.6 Å². The van der Waals surface area contributed by atoms with Gasteiger partial charge in [-0.25, -0.2) is 13.6 Å². The van der Waals surface area contributed by atoms with Crippen LogP contribution < -0.4 is 15.8 Å². The number of amides is 1. The molecule has 1 heterocycles. The number of carbonyl (C=O) groups is 1. The molecule has 8 heteroatoms. The molecule has 1 fully saturated rings. The first kappa shape index (κ1) is 18.9. The van der Waals surface area contributed by atoms with E-state index < -0.39 is 10.0 Å². The van der Waals surface area contributed by atoms with Gasteiger partial charge in [0.25, 0.3) is 0 Å². The topological polar surface area (TPSA) is 101 Å². The number of nitrogens with one attached hydrogen (secondary N) is 2. The minimum Gasteiger partial charge on any atom is -0.326 e. The Balaban J connectivity index is 0.00000242. The van der Waals surface area contributed by atoms with Gasteiger partial charge in [0, 0.05) is 18.2 Å². The first-order chi connectivity index (χ1) is 9.86. The second-order valence-corrected chi connectivity index (χ2v) is 6.94. The highest BCUT2D eigenvalue weighted by atomic mass is 35.5. The third kappa shape index (κ3) is 5.24. The van der Waals surface area contributed by atoms with E-state index in [1.165, 1.54) is 6.07 Å². The van der Waals surface area contributed by atoms with Gasteiger partial charge >= 0.3 is 0 Å². The molecule has 1 atom stereocenters. The minimum absolute atomic E-state index is 0. The summed E-state index contributed by atoms with van der Waals surface area (Å²) in [6.07, 6.45) is 3.46. The van der Waals surface area contributed by atoms with Crippen molar-refractivity contribution in [1.29, 1.82) is 0 Å². The highest BCUT2D eigenvalue weighted by Crippen LogP contribution is 2.19. The SMILES string of the molecule is Cc1ccc(NC(=O)CCC2CCCN2)cc1S(N)(=O)=O.Cl. The van der Waals surface area contributed by atoms with Crippen molar-refractivity contribution in [1.82, 2.24) is 5.32 Å². The van der Waals surface area contributed by atoms with Gasteiger partial charge in [0.15, 0.2) is 0 Å². The van der Waals surface area contributed by atoms with Crippen LogP contribution in [0.25, 0.3) is 0 Å². The zero-order valence-electron chi connectivity index (χ0n) is 12.5. The highest BCUT2D eigenvalue weighted by molar-refractivity contribution is 7.89. The number of aryl methyl sites for hydroxylation is 1. The maximum Gasteiger partial charge on any atom is 0.238 e. The van der Waals surface area contributed by atoms with Crippen LogP contribution in [0.3, 0.4) is 0 Å². The predicted molar refractivity (Wildman–Crippen MR) is 88.7 cm³/mol. The molecule has 2 rings (SSSR count). The number of hydrogen-bond donors (Lipinski definition) is 3. The highest BCUT2D eigenvalue weighted by Gasteiger charge is 2.16. The first-order valence-electron chi connectivity index (χ1n) is 7.03. The first-order valence-corrected chi connectivity index (χ1v) is 8.57. The summed E-state index contributed by atoms with van der Waals surface area (Å²) in [5, 5.41) is 11.2. The molecule has 4 N–H and O–H groups in total. The molecule has 22 heavy (non-hydrogen) atoms. The Labute approximate surface area is 137 Å². The summed E-state index contributed by atoms with van der Waals surface area (Å²) in [7, 11) is -3.78. The molecule has 0 aliphatic carbocycles. The van der Waals surface area contributed by atoms with E-state index in [4.69, 9.17) is 5.14 Å². The van der Waals surface area contributed by atoms with Crippen molar-refractivity contribution < 1.29 is 13.2 Å². The number of halogens is 1. The van der Waals surface area contributed by atoms with Crippen LogP contribution in [0.2, 0.25) is 0 Å². The molecule has 0 bridgehead atoms. The molecule has 6 nitrogen and oxygen atoms in total. The molecule has 1 amide bonds. The van der Waals surface area contributed by atoms with E-state index in [0.29, 0.717) is 23.7 Å². The van der Waals surface area contributed by atoms with Gasteiger partial charge in [0.1, 0.15) is 0 Å². The van der Waals surface area contributed by atoms with Crippen LogP contribution in [0, 0.1) is 6.92 Å². The lowest BCUT2D eigenvalue weighted by Gasteiger charge is -2.11. The van der Waals surface area contributed by atoms with Crippen molar-refractivity contribution >= 4 is 34.0 Å². The second kappa shape index (κ2) is 7.92. The molecule has 0 saturated carbocycles. The lowest BCUT2D eigenvalue weighted by atomic mass is 10.1. The van der Waals surface area contributed by atoms with Crippen LogP contribution in [0.1, 0.15) is 31.2 Å². The molecule has 1 aromatic carbocycles. The summed E-state index contributed by atoms with van der Waals surface area (Å²) in [6, 6.07) is 5.12. The molecule has 0 radical (unpaired) electrons. The fourth-order valence-corrected chi connectivity index (χ4v) is 3.32. The van der Waals surface area contributed by atoms with Gasteiger partial charge in [-0.3, -0.25) is 4.79 Å². The van der Waals surface area contributed by atoms with Crippen LogP contribution in [-0.4, -0.2) is 26.9 Å². The molecule has 1 aliphatic heterocycles. The van der Waals surface area contributed by atoms with Crippen molar-refractivity contribution in [3.8, 4) is 0 Å². The second-order valence-electron chi connectivity index (χ2n) is 5.41. The number of hydrogen-bond acceptors (Lipinski definition) is 4. The number of rotatable bonds is 5. The average Bonchev–Trinajstić information content (AvgIpc) is 2.90. The maximum absolute atomic E-state index is 11.9. The van der Waals surface area contributed by atoms with Crippen molar-refractivity contribution in [2.45, 2.75) is 43.5 Å². The Bertz CT molecular complexity index is 628. The van der Waals surface area contributed by atoms with E-state index in [1.54, 1.807) is 19.1 Å². The molecular weight excluding hydrogens is 326 g/mol. The molecule has 1 aliphatic rings. The fourth-order valence-electron chi connectivity index (χ4n) is 2.52. The summed E-state index contributed by atoms with van der Waals surface area (Å²) >= 11 is 0. The molecule has 0 spiro atoms. The number of carbonyl (C=O) groups excluding carboxylic acids is 1. The quantitative estimate of drug-likeness (QED) is 0.751. The van der Waals surface area contributed by atoms with Gasteiger partial charge in [-0.1, -0.05) is 6.07 Å². The summed E-state index contributed by atoms with van der Waals surface area (Å²) < 4.78 is 22.9. The van der Waals surface area contributed by atoms with Crippen molar-refractivity contribution in [2.75, 3.05) is 11.9 Å². The van der Waals surface area contributed by atoms with Gasteiger partial charge in [0.2, 0.25) is 15.9 Å². The lowest BCUT2D eigenvalue weighted by Crippen LogP contribution is -2.23. The minimum atomic E-state index is -3.78. The van der Waals surface area contributed by atoms with Gasteiger partial charge in [-0.05, 0) is 50.4 Å². The largest absolute Gasteiger partial charge is 0.326 e. The number of nitrogens with two attached hydrogens (primary N) is 1. The van der Waals surface area contributed by atoms with E-state index in [1.807, 2.05) is 0 Å². The van der Waals surface area contributed by atoms with E-state index in [9.17, 15) is 13.2 Å². The third-order valence-corrected chi connectivity index (χ3v) is 4.71. The normalized spacial score (nSPS) is 17.8.